The van der Waals surface area contributed by atoms with Gasteiger partial charge in [-0.15, -0.1) is 0 Å². The minimum Gasteiger partial charge on any atom is -0.382 e. The van der Waals surface area contributed by atoms with Gasteiger partial charge in [-0.3, -0.25) is 9.69 Å². The highest BCUT2D eigenvalue weighted by atomic mass is 19.4. The van der Waals surface area contributed by atoms with Crippen LogP contribution in [0, 0.1) is 11.6 Å². The molecule has 0 saturated carbocycles. The molecule has 2 rings (SSSR count). The third-order valence-corrected chi connectivity index (χ3v) is 3.76. The highest BCUT2D eigenvalue weighted by Gasteiger charge is 2.43. The first-order chi connectivity index (χ1) is 10.6. The van der Waals surface area contributed by atoms with Crippen LogP contribution in [-0.4, -0.2) is 54.4 Å². The summed E-state index contributed by atoms with van der Waals surface area (Å²) in [5, 5.41) is 9.06. The van der Waals surface area contributed by atoms with Gasteiger partial charge in [0.05, 0.1) is 6.04 Å². The van der Waals surface area contributed by atoms with Crippen molar-refractivity contribution in [2.24, 2.45) is 0 Å². The molecule has 4 nitrogen and oxygen atoms in total. The summed E-state index contributed by atoms with van der Waals surface area (Å²) in [6, 6.07) is 2.16. The maximum absolute atomic E-state index is 13.7. The number of carbonyl (C=O) groups excluding carboxylic acids is 1. The smallest absolute Gasteiger partial charge is 0.382 e. The van der Waals surface area contributed by atoms with Crippen molar-refractivity contribution in [1.82, 2.24) is 4.90 Å². The summed E-state index contributed by atoms with van der Waals surface area (Å²) < 4.78 is 64.6. The van der Waals surface area contributed by atoms with Crippen LogP contribution in [0.15, 0.2) is 18.2 Å². The van der Waals surface area contributed by atoms with E-state index in [1.165, 1.54) is 7.05 Å². The van der Waals surface area contributed by atoms with Crippen LogP contribution < -0.4 is 4.90 Å². The molecule has 1 fully saturated rings. The molecule has 128 valence electrons. The summed E-state index contributed by atoms with van der Waals surface area (Å²) in [5.74, 6) is -2.54. The Morgan fingerprint density at radius 3 is 2.43 bits per heavy atom. The average molecular weight is 338 g/mol. The maximum atomic E-state index is 13.7. The number of hydrogen-bond donors (Lipinski definition) is 1. The zero-order chi connectivity index (χ0) is 17.4. The molecule has 1 aromatic rings. The quantitative estimate of drug-likeness (QED) is 0.853. The Morgan fingerprint density at radius 2 is 1.91 bits per heavy atom. The van der Waals surface area contributed by atoms with E-state index in [4.69, 9.17) is 5.11 Å². The molecule has 2 unspecified atom stereocenters. The van der Waals surface area contributed by atoms with Crippen LogP contribution in [0.3, 0.4) is 0 Å². The molecule has 1 heterocycles. The molecule has 1 N–H and O–H groups in total. The average Bonchev–Trinajstić information content (AvgIpc) is 2.79. The van der Waals surface area contributed by atoms with Crippen LogP contribution in [0.1, 0.15) is 6.42 Å². The van der Waals surface area contributed by atoms with Gasteiger partial charge < -0.3 is 10.0 Å². The zero-order valence-corrected chi connectivity index (χ0v) is 12.1. The van der Waals surface area contributed by atoms with E-state index in [2.05, 4.69) is 0 Å². The van der Waals surface area contributed by atoms with Gasteiger partial charge in [0.15, 0.2) is 6.10 Å². The van der Waals surface area contributed by atoms with Crippen molar-refractivity contribution in [2.75, 3.05) is 25.0 Å². The lowest BCUT2D eigenvalue weighted by Gasteiger charge is -2.26. The van der Waals surface area contributed by atoms with Crippen LogP contribution >= 0.6 is 0 Å². The Labute approximate surface area is 129 Å². The molecule has 1 aromatic carbocycles. The molecule has 0 aliphatic carbocycles. The predicted molar refractivity (Wildman–Crippen MR) is 71.8 cm³/mol. The number of alkyl halides is 3. The number of nitrogens with zero attached hydrogens (tertiary/aromatic N) is 2. The topological polar surface area (TPSA) is 43.8 Å². The van der Waals surface area contributed by atoms with E-state index in [1.54, 1.807) is 0 Å². The minimum absolute atomic E-state index is 0.0200. The summed E-state index contributed by atoms with van der Waals surface area (Å²) in [7, 11) is 1.25. The number of para-hydroxylation sites is 1. The summed E-state index contributed by atoms with van der Waals surface area (Å²) >= 11 is 0. The van der Waals surface area contributed by atoms with E-state index in [1.807, 2.05) is 0 Å². The minimum atomic E-state index is -4.80. The molecule has 0 bridgehead atoms. The molecule has 0 radical (unpaired) electrons. The van der Waals surface area contributed by atoms with Crippen LogP contribution in [-0.2, 0) is 4.79 Å². The lowest BCUT2D eigenvalue weighted by atomic mass is 10.2. The van der Waals surface area contributed by atoms with Crippen LogP contribution in [0.25, 0.3) is 0 Å². The van der Waals surface area contributed by atoms with Gasteiger partial charge in [-0.25, -0.2) is 8.78 Å². The standard InChI is InChI=1S/C14H15F5N2O2/c1-20(7-11(22)14(17,18)19)10-5-6-21(13(10)23)12-8(15)3-2-4-9(12)16/h2-4,10-11,22H,5-7H2,1H3. The Morgan fingerprint density at radius 1 is 1.35 bits per heavy atom. The number of anilines is 1. The first-order valence-electron chi connectivity index (χ1n) is 6.83. The van der Waals surface area contributed by atoms with Gasteiger partial charge in [-0.2, -0.15) is 13.2 Å². The van der Waals surface area contributed by atoms with Crippen LogP contribution in [0.4, 0.5) is 27.6 Å². The Balaban J connectivity index is 2.13. The summed E-state index contributed by atoms with van der Waals surface area (Å²) in [5.41, 5.74) is -0.509. The van der Waals surface area contributed by atoms with E-state index < -0.39 is 48.1 Å². The number of likely N-dealkylation sites (N-methyl/N-ethyl adjacent to an activating group) is 1. The molecular weight excluding hydrogens is 323 g/mol. The molecule has 1 saturated heterocycles. The molecular formula is C14H15F5N2O2. The Kier molecular flexibility index (Phi) is 4.90. The molecule has 1 amide bonds. The first-order valence-corrected chi connectivity index (χ1v) is 6.83. The fraction of sp³-hybridized carbons (Fsp3) is 0.500. The van der Waals surface area contributed by atoms with Crippen molar-refractivity contribution >= 4 is 11.6 Å². The maximum Gasteiger partial charge on any atom is 0.415 e. The van der Waals surface area contributed by atoms with Gasteiger partial charge in [0.25, 0.3) is 0 Å². The SMILES string of the molecule is CN(CC(O)C(F)(F)F)C1CCN(c2c(F)cccc2F)C1=O. The van der Waals surface area contributed by atoms with Gasteiger partial charge in [-0.05, 0) is 25.6 Å². The van der Waals surface area contributed by atoms with Gasteiger partial charge in [0.1, 0.15) is 17.3 Å². The monoisotopic (exact) mass is 338 g/mol. The number of amides is 1. The van der Waals surface area contributed by atoms with E-state index in [0.717, 1.165) is 28.0 Å². The normalized spacial score (nSPS) is 20.4. The first kappa shape index (κ1) is 17.6. The van der Waals surface area contributed by atoms with Gasteiger partial charge >= 0.3 is 6.18 Å². The van der Waals surface area contributed by atoms with Gasteiger partial charge in [0, 0.05) is 13.1 Å². The van der Waals surface area contributed by atoms with Crippen molar-refractivity contribution in [3.05, 3.63) is 29.8 Å². The van der Waals surface area contributed by atoms with Crippen LogP contribution in [0.5, 0.6) is 0 Å². The van der Waals surface area contributed by atoms with Gasteiger partial charge in [-0.1, -0.05) is 6.07 Å². The number of carbonyl (C=O) groups is 1. The van der Waals surface area contributed by atoms with E-state index in [0.29, 0.717) is 0 Å². The van der Waals surface area contributed by atoms with E-state index in [-0.39, 0.29) is 13.0 Å². The summed E-state index contributed by atoms with van der Waals surface area (Å²) in [6.07, 6.45) is -7.29. The van der Waals surface area contributed by atoms with Crippen LogP contribution in [0.2, 0.25) is 0 Å². The fourth-order valence-electron chi connectivity index (χ4n) is 2.55. The van der Waals surface area contributed by atoms with Crippen molar-refractivity contribution in [1.29, 1.82) is 0 Å². The van der Waals surface area contributed by atoms with Crippen molar-refractivity contribution in [2.45, 2.75) is 24.7 Å². The number of benzene rings is 1. The highest BCUT2D eigenvalue weighted by Crippen LogP contribution is 2.29. The lowest BCUT2D eigenvalue weighted by Crippen LogP contribution is -2.46. The summed E-state index contributed by atoms with van der Waals surface area (Å²) in [4.78, 5) is 14.2. The zero-order valence-electron chi connectivity index (χ0n) is 12.1. The van der Waals surface area contributed by atoms with Crippen molar-refractivity contribution in [3.8, 4) is 0 Å². The highest BCUT2D eigenvalue weighted by molar-refractivity contribution is 5.99. The number of aliphatic hydroxyl groups is 1. The molecule has 23 heavy (non-hydrogen) atoms. The fourth-order valence-corrected chi connectivity index (χ4v) is 2.55. The second-order valence-electron chi connectivity index (χ2n) is 5.36. The number of hydrogen-bond acceptors (Lipinski definition) is 3. The third-order valence-electron chi connectivity index (χ3n) is 3.76. The predicted octanol–water partition coefficient (Wildman–Crippen LogP) is 1.93. The Hall–Kier alpha value is -1.74. The molecule has 1 aliphatic rings. The third kappa shape index (κ3) is 3.61. The van der Waals surface area contributed by atoms with Crippen molar-refractivity contribution < 1.29 is 31.9 Å². The number of rotatable bonds is 4. The largest absolute Gasteiger partial charge is 0.415 e. The Bertz CT molecular complexity index is 573. The molecule has 9 heteroatoms. The van der Waals surface area contributed by atoms with Crippen molar-refractivity contribution in [3.63, 3.8) is 0 Å². The van der Waals surface area contributed by atoms with E-state index >= 15 is 0 Å². The van der Waals surface area contributed by atoms with E-state index in [9.17, 15) is 26.7 Å². The number of aliphatic hydroxyl groups excluding tert-OH is 1. The summed E-state index contributed by atoms with van der Waals surface area (Å²) in [6.45, 7) is -0.818. The molecule has 2 atom stereocenters. The molecule has 1 aliphatic heterocycles. The second-order valence-corrected chi connectivity index (χ2v) is 5.36. The lowest BCUT2D eigenvalue weighted by molar-refractivity contribution is -0.208. The molecule has 0 aromatic heterocycles. The molecule has 0 spiro atoms. The second kappa shape index (κ2) is 6.40. The number of halogens is 5. The van der Waals surface area contributed by atoms with Gasteiger partial charge in [0.2, 0.25) is 5.91 Å².